The SMILES string of the molecule is Cc1cc(-c2cccc(C=O)c2)ccc1-c1ccc([C@H]2OC(CO)CC(O)C2O)cc1. The lowest BCUT2D eigenvalue weighted by Gasteiger charge is -2.36. The van der Waals surface area contributed by atoms with Gasteiger partial charge in [0.1, 0.15) is 18.5 Å². The summed E-state index contributed by atoms with van der Waals surface area (Å²) in [7, 11) is 0. The van der Waals surface area contributed by atoms with Crippen LogP contribution in [-0.2, 0) is 4.74 Å². The Morgan fingerprint density at radius 1 is 0.968 bits per heavy atom. The van der Waals surface area contributed by atoms with Crippen LogP contribution in [0.2, 0.25) is 0 Å². The van der Waals surface area contributed by atoms with Crippen LogP contribution in [0.25, 0.3) is 22.3 Å². The quantitative estimate of drug-likeness (QED) is 0.550. The van der Waals surface area contributed by atoms with Crippen molar-refractivity contribution in [2.75, 3.05) is 6.61 Å². The number of benzene rings is 3. The molecule has 3 aromatic carbocycles. The van der Waals surface area contributed by atoms with Gasteiger partial charge in [-0.1, -0.05) is 60.7 Å². The molecule has 1 aliphatic heterocycles. The van der Waals surface area contributed by atoms with Crippen LogP contribution < -0.4 is 0 Å². The minimum atomic E-state index is -1.03. The van der Waals surface area contributed by atoms with Crippen LogP contribution in [0.1, 0.15) is 34.0 Å². The lowest BCUT2D eigenvalue weighted by Crippen LogP contribution is -2.44. The third-order valence-electron chi connectivity index (χ3n) is 5.88. The first-order valence-corrected chi connectivity index (χ1v) is 10.4. The van der Waals surface area contributed by atoms with Gasteiger partial charge >= 0.3 is 0 Å². The second-order valence-corrected chi connectivity index (χ2v) is 8.05. The van der Waals surface area contributed by atoms with E-state index in [2.05, 4.69) is 12.1 Å². The van der Waals surface area contributed by atoms with Crippen LogP contribution in [0.4, 0.5) is 0 Å². The molecule has 5 heteroatoms. The van der Waals surface area contributed by atoms with E-state index in [4.69, 9.17) is 4.74 Å². The number of ether oxygens (including phenoxy) is 1. The summed E-state index contributed by atoms with van der Waals surface area (Å²) in [5, 5.41) is 29.8. The van der Waals surface area contributed by atoms with E-state index in [0.717, 1.165) is 39.7 Å². The fourth-order valence-electron chi connectivity index (χ4n) is 4.16. The van der Waals surface area contributed by atoms with Gasteiger partial charge in [-0.2, -0.15) is 0 Å². The first-order chi connectivity index (χ1) is 15.0. The van der Waals surface area contributed by atoms with Crippen molar-refractivity contribution in [2.45, 2.75) is 37.8 Å². The van der Waals surface area contributed by atoms with E-state index in [9.17, 15) is 20.1 Å². The molecule has 0 saturated carbocycles. The summed E-state index contributed by atoms with van der Waals surface area (Å²) in [6.45, 7) is 1.85. The molecule has 0 spiro atoms. The van der Waals surface area contributed by atoms with E-state index in [0.29, 0.717) is 5.56 Å². The highest BCUT2D eigenvalue weighted by molar-refractivity contribution is 5.80. The Hall–Kier alpha value is -2.83. The van der Waals surface area contributed by atoms with Gasteiger partial charge in [0.15, 0.2) is 0 Å². The Bertz CT molecular complexity index is 1060. The zero-order valence-corrected chi connectivity index (χ0v) is 17.3. The Balaban J connectivity index is 1.58. The van der Waals surface area contributed by atoms with Gasteiger partial charge in [-0.3, -0.25) is 4.79 Å². The topological polar surface area (TPSA) is 87.0 Å². The fourth-order valence-corrected chi connectivity index (χ4v) is 4.16. The maximum absolute atomic E-state index is 11.1. The third kappa shape index (κ3) is 4.45. The third-order valence-corrected chi connectivity index (χ3v) is 5.88. The van der Waals surface area contributed by atoms with E-state index in [-0.39, 0.29) is 13.0 Å². The van der Waals surface area contributed by atoms with Crippen LogP contribution >= 0.6 is 0 Å². The molecule has 3 N–H and O–H groups in total. The second kappa shape index (κ2) is 9.12. The highest BCUT2D eigenvalue weighted by atomic mass is 16.5. The molecule has 3 aromatic rings. The van der Waals surface area contributed by atoms with Crippen molar-refractivity contribution in [1.82, 2.24) is 0 Å². The van der Waals surface area contributed by atoms with E-state index in [1.54, 1.807) is 6.07 Å². The van der Waals surface area contributed by atoms with E-state index in [1.165, 1.54) is 0 Å². The molecule has 1 saturated heterocycles. The molecule has 0 radical (unpaired) electrons. The van der Waals surface area contributed by atoms with Gasteiger partial charge in [-0.25, -0.2) is 0 Å². The van der Waals surface area contributed by atoms with Crippen molar-refractivity contribution in [3.05, 3.63) is 83.4 Å². The zero-order chi connectivity index (χ0) is 22.0. The van der Waals surface area contributed by atoms with Crippen LogP contribution in [0.15, 0.2) is 66.7 Å². The highest BCUT2D eigenvalue weighted by Gasteiger charge is 2.37. The molecule has 5 nitrogen and oxygen atoms in total. The molecule has 4 atom stereocenters. The number of carbonyl (C=O) groups is 1. The van der Waals surface area contributed by atoms with Gasteiger partial charge in [-0.05, 0) is 46.4 Å². The largest absolute Gasteiger partial charge is 0.394 e. The summed E-state index contributed by atoms with van der Waals surface area (Å²) in [6, 6.07) is 21.4. The Morgan fingerprint density at radius 2 is 1.68 bits per heavy atom. The van der Waals surface area contributed by atoms with Gasteiger partial charge in [-0.15, -0.1) is 0 Å². The highest BCUT2D eigenvalue weighted by Crippen LogP contribution is 2.34. The van der Waals surface area contributed by atoms with Gasteiger partial charge in [0.2, 0.25) is 0 Å². The maximum atomic E-state index is 11.1. The smallest absolute Gasteiger partial charge is 0.150 e. The van der Waals surface area contributed by atoms with Crippen molar-refractivity contribution in [2.24, 2.45) is 0 Å². The van der Waals surface area contributed by atoms with Crippen LogP contribution in [0, 0.1) is 6.92 Å². The number of hydrogen-bond acceptors (Lipinski definition) is 5. The van der Waals surface area contributed by atoms with Gasteiger partial charge in [0, 0.05) is 12.0 Å². The fraction of sp³-hybridized carbons (Fsp3) is 0.269. The molecule has 0 bridgehead atoms. The molecular formula is C26H26O5. The maximum Gasteiger partial charge on any atom is 0.150 e. The predicted molar refractivity (Wildman–Crippen MR) is 119 cm³/mol. The average molecular weight is 418 g/mol. The molecule has 1 fully saturated rings. The zero-order valence-electron chi connectivity index (χ0n) is 17.3. The van der Waals surface area contributed by atoms with Gasteiger partial charge in [0.05, 0.1) is 18.8 Å². The molecule has 1 aliphatic rings. The molecule has 0 amide bonds. The minimum Gasteiger partial charge on any atom is -0.394 e. The van der Waals surface area contributed by atoms with Crippen LogP contribution in [-0.4, -0.2) is 46.5 Å². The van der Waals surface area contributed by atoms with Crippen molar-refractivity contribution in [3.63, 3.8) is 0 Å². The van der Waals surface area contributed by atoms with Gasteiger partial charge < -0.3 is 20.1 Å². The second-order valence-electron chi connectivity index (χ2n) is 8.05. The Kier molecular flexibility index (Phi) is 6.30. The Morgan fingerprint density at radius 3 is 2.35 bits per heavy atom. The molecule has 4 rings (SSSR count). The summed E-state index contributed by atoms with van der Waals surface area (Å²) in [5.41, 5.74) is 6.66. The summed E-state index contributed by atoms with van der Waals surface area (Å²) in [4.78, 5) is 11.1. The standard InChI is InChI=1S/C26H26O5/c1-16-11-21(20-4-2-3-17(12-20)14-27)9-10-23(16)18-5-7-19(8-6-18)26-25(30)24(29)13-22(15-28)31-26/h2-12,14,22,24-26,28-30H,13,15H2,1H3/t22?,24?,25?,26-/m1/s1. The number of carbonyl (C=O) groups excluding carboxylic acids is 1. The Labute approximate surface area is 181 Å². The number of aldehydes is 1. The first kappa shape index (κ1) is 21.4. The first-order valence-electron chi connectivity index (χ1n) is 10.4. The average Bonchev–Trinajstić information content (AvgIpc) is 2.81. The minimum absolute atomic E-state index is 0.195. The van der Waals surface area contributed by atoms with Crippen molar-refractivity contribution < 1.29 is 24.9 Å². The molecule has 3 unspecified atom stereocenters. The summed E-state index contributed by atoms with van der Waals surface area (Å²) < 4.78 is 5.77. The van der Waals surface area contributed by atoms with Crippen LogP contribution in [0.3, 0.4) is 0 Å². The van der Waals surface area contributed by atoms with Crippen LogP contribution in [0.5, 0.6) is 0 Å². The predicted octanol–water partition coefficient (Wildman–Crippen LogP) is 3.69. The lowest BCUT2D eigenvalue weighted by molar-refractivity contribution is -0.179. The number of aliphatic hydroxyl groups is 3. The molecule has 0 aromatic heterocycles. The molecule has 31 heavy (non-hydrogen) atoms. The lowest BCUT2D eigenvalue weighted by atomic mass is 9.91. The number of rotatable bonds is 5. The van der Waals surface area contributed by atoms with Gasteiger partial charge in [0.25, 0.3) is 0 Å². The van der Waals surface area contributed by atoms with Crippen molar-refractivity contribution in [1.29, 1.82) is 0 Å². The number of hydrogen-bond donors (Lipinski definition) is 3. The molecule has 1 heterocycles. The monoisotopic (exact) mass is 418 g/mol. The van der Waals surface area contributed by atoms with Crippen molar-refractivity contribution >= 4 is 6.29 Å². The van der Waals surface area contributed by atoms with Crippen molar-refractivity contribution in [3.8, 4) is 22.3 Å². The van der Waals surface area contributed by atoms with E-state index < -0.39 is 24.4 Å². The number of aryl methyl sites for hydroxylation is 1. The normalized spacial score (nSPS) is 23.5. The number of aliphatic hydroxyl groups excluding tert-OH is 3. The summed E-state index contributed by atoms with van der Waals surface area (Å²) in [6.07, 6.45) is -2.06. The summed E-state index contributed by atoms with van der Waals surface area (Å²) in [5.74, 6) is 0. The van der Waals surface area contributed by atoms with E-state index >= 15 is 0 Å². The molecule has 0 aliphatic carbocycles. The molecule has 160 valence electrons. The molecular weight excluding hydrogens is 392 g/mol. The summed E-state index contributed by atoms with van der Waals surface area (Å²) >= 11 is 0. The van der Waals surface area contributed by atoms with E-state index in [1.807, 2.05) is 55.5 Å².